The smallest absolute Gasteiger partial charge is 0.249 e. The lowest BCUT2D eigenvalue weighted by Crippen LogP contribution is -2.73. The molecule has 2 rings (SSSR count). The Morgan fingerprint density at radius 3 is 2.33 bits per heavy atom. The number of nitrogens with zero attached hydrogens (tertiary/aromatic N) is 1. The fourth-order valence-corrected chi connectivity index (χ4v) is 3.24. The van der Waals surface area contributed by atoms with E-state index in [1.54, 1.807) is 12.0 Å². The second-order valence-electron chi connectivity index (χ2n) is 7.47. The molecular weight excluding hydrogens is 268 g/mol. The third-order valence-corrected chi connectivity index (χ3v) is 5.18. The second kappa shape index (κ2) is 5.27. The van der Waals surface area contributed by atoms with Crippen molar-refractivity contribution in [2.24, 2.45) is 0 Å². The maximum Gasteiger partial charge on any atom is 0.249 e. The van der Waals surface area contributed by atoms with E-state index < -0.39 is 11.1 Å². The van der Waals surface area contributed by atoms with Gasteiger partial charge in [-0.3, -0.25) is 9.59 Å². The van der Waals surface area contributed by atoms with Crippen LogP contribution in [0.1, 0.15) is 59.8 Å². The summed E-state index contributed by atoms with van der Waals surface area (Å²) in [6.07, 6.45) is 4.24. The van der Waals surface area contributed by atoms with Gasteiger partial charge in [-0.1, -0.05) is 12.8 Å². The van der Waals surface area contributed by atoms with Crippen molar-refractivity contribution < 1.29 is 14.3 Å². The van der Waals surface area contributed by atoms with E-state index in [4.69, 9.17) is 4.74 Å². The molecule has 1 saturated heterocycles. The van der Waals surface area contributed by atoms with Crippen LogP contribution in [0.25, 0.3) is 0 Å². The van der Waals surface area contributed by atoms with E-state index in [1.807, 2.05) is 27.7 Å². The molecule has 0 aromatic rings. The molecule has 5 nitrogen and oxygen atoms in total. The van der Waals surface area contributed by atoms with Gasteiger partial charge in [0, 0.05) is 13.7 Å². The number of piperazine rings is 1. The van der Waals surface area contributed by atoms with Gasteiger partial charge in [0.1, 0.15) is 11.1 Å². The standard InChI is InChI=1S/C16H28N2O3/c1-14(2,21-5)10-11-18-13(20)16(8-6-7-9-16)17-12(19)15(18,3)4/h6-11H2,1-5H3,(H,17,19). The summed E-state index contributed by atoms with van der Waals surface area (Å²) in [6.45, 7) is 8.19. The molecule has 1 heterocycles. The predicted octanol–water partition coefficient (Wildman–Crippen LogP) is 1.85. The van der Waals surface area contributed by atoms with Crippen molar-refractivity contribution in [2.45, 2.75) is 76.5 Å². The van der Waals surface area contributed by atoms with Crippen molar-refractivity contribution in [1.82, 2.24) is 10.2 Å². The van der Waals surface area contributed by atoms with Crippen molar-refractivity contribution in [2.75, 3.05) is 13.7 Å². The highest BCUT2D eigenvalue weighted by Crippen LogP contribution is 2.37. The number of ether oxygens (including phenoxy) is 1. The fraction of sp³-hybridized carbons (Fsp3) is 0.875. The lowest BCUT2D eigenvalue weighted by atomic mass is 9.85. The van der Waals surface area contributed by atoms with Gasteiger partial charge in [-0.2, -0.15) is 0 Å². The molecule has 0 bridgehead atoms. The maximum absolute atomic E-state index is 13.0. The third-order valence-electron chi connectivity index (χ3n) is 5.18. The summed E-state index contributed by atoms with van der Waals surface area (Å²) >= 11 is 0. The monoisotopic (exact) mass is 296 g/mol. The van der Waals surface area contributed by atoms with Gasteiger partial charge in [0.05, 0.1) is 5.60 Å². The van der Waals surface area contributed by atoms with Crippen LogP contribution in [0.2, 0.25) is 0 Å². The van der Waals surface area contributed by atoms with Crippen LogP contribution in [0, 0.1) is 0 Å². The van der Waals surface area contributed by atoms with Gasteiger partial charge >= 0.3 is 0 Å². The molecule has 2 fully saturated rings. The number of nitrogens with one attached hydrogen (secondary N) is 1. The van der Waals surface area contributed by atoms with Crippen LogP contribution in [-0.4, -0.2) is 47.0 Å². The molecule has 0 aromatic carbocycles. The highest BCUT2D eigenvalue weighted by atomic mass is 16.5. The van der Waals surface area contributed by atoms with Gasteiger partial charge in [-0.25, -0.2) is 0 Å². The zero-order valence-electron chi connectivity index (χ0n) is 13.9. The molecule has 5 heteroatoms. The summed E-state index contributed by atoms with van der Waals surface area (Å²) in [5, 5.41) is 3.01. The zero-order valence-corrected chi connectivity index (χ0v) is 13.9. The highest BCUT2D eigenvalue weighted by molar-refractivity contribution is 6.02. The molecule has 1 aliphatic carbocycles. The van der Waals surface area contributed by atoms with Gasteiger partial charge in [0.2, 0.25) is 11.8 Å². The number of carbonyl (C=O) groups excluding carboxylic acids is 2. The molecule has 0 aromatic heterocycles. The van der Waals surface area contributed by atoms with E-state index in [2.05, 4.69) is 5.32 Å². The number of carbonyl (C=O) groups is 2. The summed E-state index contributed by atoms with van der Waals surface area (Å²) in [5.74, 6) is 0.0377. The minimum Gasteiger partial charge on any atom is -0.379 e. The Labute approximate surface area is 127 Å². The van der Waals surface area contributed by atoms with Gasteiger partial charge < -0.3 is 15.0 Å². The Balaban J connectivity index is 2.22. The minimum absolute atomic E-state index is 0.0424. The summed E-state index contributed by atoms with van der Waals surface area (Å²) in [6, 6.07) is 0. The minimum atomic E-state index is -0.797. The zero-order chi connectivity index (χ0) is 15.9. The maximum atomic E-state index is 13.0. The van der Waals surface area contributed by atoms with E-state index in [9.17, 15) is 9.59 Å². The number of amides is 2. The van der Waals surface area contributed by atoms with Crippen molar-refractivity contribution in [3.05, 3.63) is 0 Å². The molecule has 1 aliphatic heterocycles. The molecular formula is C16H28N2O3. The first-order valence-corrected chi connectivity index (χ1v) is 7.84. The van der Waals surface area contributed by atoms with Crippen LogP contribution >= 0.6 is 0 Å². The lowest BCUT2D eigenvalue weighted by molar-refractivity contribution is -0.161. The average molecular weight is 296 g/mol. The number of methoxy groups -OCH3 is 1. The molecule has 1 N–H and O–H groups in total. The molecule has 1 saturated carbocycles. The van der Waals surface area contributed by atoms with Crippen LogP contribution < -0.4 is 5.32 Å². The van der Waals surface area contributed by atoms with Gasteiger partial charge in [-0.15, -0.1) is 0 Å². The first-order valence-electron chi connectivity index (χ1n) is 7.84. The van der Waals surface area contributed by atoms with Crippen molar-refractivity contribution in [3.8, 4) is 0 Å². The molecule has 21 heavy (non-hydrogen) atoms. The predicted molar refractivity (Wildman–Crippen MR) is 80.8 cm³/mol. The molecule has 1 spiro atoms. The van der Waals surface area contributed by atoms with Gasteiger partial charge in [0.15, 0.2) is 0 Å². The van der Waals surface area contributed by atoms with E-state index in [1.165, 1.54) is 0 Å². The first-order chi connectivity index (χ1) is 9.65. The largest absolute Gasteiger partial charge is 0.379 e. The second-order valence-corrected chi connectivity index (χ2v) is 7.47. The van der Waals surface area contributed by atoms with Crippen molar-refractivity contribution in [1.29, 1.82) is 0 Å². The van der Waals surface area contributed by atoms with Crippen LogP contribution in [0.5, 0.6) is 0 Å². The normalized spacial score (nSPS) is 24.5. The average Bonchev–Trinajstić information content (AvgIpc) is 2.86. The summed E-state index contributed by atoms with van der Waals surface area (Å²) in [7, 11) is 1.67. The summed E-state index contributed by atoms with van der Waals surface area (Å²) in [4.78, 5) is 27.2. The number of rotatable bonds is 4. The van der Waals surface area contributed by atoms with E-state index >= 15 is 0 Å². The highest BCUT2D eigenvalue weighted by Gasteiger charge is 2.55. The Morgan fingerprint density at radius 1 is 1.24 bits per heavy atom. The topological polar surface area (TPSA) is 58.6 Å². The van der Waals surface area contributed by atoms with Crippen LogP contribution in [0.15, 0.2) is 0 Å². The lowest BCUT2D eigenvalue weighted by Gasteiger charge is -2.49. The Morgan fingerprint density at radius 2 is 1.81 bits per heavy atom. The van der Waals surface area contributed by atoms with Gasteiger partial charge in [0.25, 0.3) is 0 Å². The molecule has 2 amide bonds. The van der Waals surface area contributed by atoms with E-state index in [0.717, 1.165) is 25.7 Å². The first kappa shape index (κ1) is 16.3. The molecule has 0 atom stereocenters. The molecule has 0 radical (unpaired) electrons. The molecule has 2 aliphatic rings. The SMILES string of the molecule is COC(C)(C)CCN1C(=O)C2(CCCC2)NC(=O)C1(C)C. The van der Waals surface area contributed by atoms with Gasteiger partial charge in [-0.05, 0) is 47.0 Å². The Hall–Kier alpha value is -1.10. The molecule has 0 unspecified atom stereocenters. The van der Waals surface area contributed by atoms with Crippen LogP contribution in [0.4, 0.5) is 0 Å². The van der Waals surface area contributed by atoms with E-state index in [-0.39, 0.29) is 17.4 Å². The van der Waals surface area contributed by atoms with Crippen molar-refractivity contribution in [3.63, 3.8) is 0 Å². The summed E-state index contributed by atoms with van der Waals surface area (Å²) in [5.41, 5.74) is -1.74. The third kappa shape index (κ3) is 2.80. The molecule has 120 valence electrons. The Kier molecular flexibility index (Phi) is 4.08. The number of hydrogen-bond acceptors (Lipinski definition) is 3. The van der Waals surface area contributed by atoms with E-state index in [0.29, 0.717) is 13.0 Å². The van der Waals surface area contributed by atoms with Crippen LogP contribution in [-0.2, 0) is 14.3 Å². The van der Waals surface area contributed by atoms with Crippen LogP contribution in [0.3, 0.4) is 0 Å². The Bertz CT molecular complexity index is 437. The summed E-state index contributed by atoms with van der Waals surface area (Å²) < 4.78 is 5.44. The quantitative estimate of drug-likeness (QED) is 0.861. The van der Waals surface area contributed by atoms with Crippen molar-refractivity contribution >= 4 is 11.8 Å². The number of hydrogen-bond donors (Lipinski definition) is 1. The fourth-order valence-electron chi connectivity index (χ4n) is 3.24.